The second-order valence-corrected chi connectivity index (χ2v) is 6.82. The molecule has 2 N–H and O–H groups in total. The van der Waals surface area contributed by atoms with Gasteiger partial charge in [0, 0.05) is 29.1 Å². The van der Waals surface area contributed by atoms with Crippen LogP contribution in [0.1, 0.15) is 16.8 Å². The molecular weight excluding hydrogens is 336 g/mol. The fraction of sp³-hybridized carbons (Fsp3) is 0.136. The summed E-state index contributed by atoms with van der Waals surface area (Å²) in [4.78, 5) is 3.21. The van der Waals surface area contributed by atoms with Crippen LogP contribution in [0, 0.1) is 6.92 Å². The van der Waals surface area contributed by atoms with Gasteiger partial charge in [-0.2, -0.15) is 5.10 Å². The number of aromatic amines is 1. The van der Waals surface area contributed by atoms with Gasteiger partial charge in [0.2, 0.25) is 0 Å². The number of hydrogen-bond donors (Lipinski definition) is 2. The summed E-state index contributed by atoms with van der Waals surface area (Å²) in [6.07, 6.45) is 1.93. The molecule has 0 bridgehead atoms. The largest absolute Gasteiger partial charge is 0.487 e. The van der Waals surface area contributed by atoms with Gasteiger partial charge in [-0.1, -0.05) is 36.4 Å². The molecule has 134 valence electrons. The van der Waals surface area contributed by atoms with Crippen molar-refractivity contribution in [3.8, 4) is 17.0 Å². The Morgan fingerprint density at radius 1 is 1.07 bits per heavy atom. The maximum Gasteiger partial charge on any atom is 0.130 e. The minimum absolute atomic E-state index is 0.512. The van der Waals surface area contributed by atoms with Crippen molar-refractivity contribution in [2.45, 2.75) is 20.1 Å². The van der Waals surface area contributed by atoms with Gasteiger partial charge < -0.3 is 15.0 Å². The number of hydrogen-bond acceptors (Lipinski definition) is 3. The maximum atomic E-state index is 6.10. The zero-order chi connectivity index (χ0) is 18.2. The topological polar surface area (TPSA) is 54.9 Å². The van der Waals surface area contributed by atoms with Crippen LogP contribution in [0.2, 0.25) is 0 Å². The highest BCUT2D eigenvalue weighted by Crippen LogP contribution is 2.31. The summed E-state index contributed by atoms with van der Waals surface area (Å²) >= 11 is 0. The summed E-state index contributed by atoms with van der Waals surface area (Å²) < 4.78 is 8.14. The van der Waals surface area contributed by atoms with Gasteiger partial charge in [-0.3, -0.25) is 4.68 Å². The number of nitrogens with zero attached hydrogens (tertiary/aromatic N) is 2. The molecule has 1 aliphatic rings. The third-order valence-corrected chi connectivity index (χ3v) is 4.92. The molecule has 0 fully saturated rings. The van der Waals surface area contributed by atoms with E-state index in [1.807, 2.05) is 35.1 Å². The van der Waals surface area contributed by atoms with E-state index in [1.54, 1.807) is 0 Å². The van der Waals surface area contributed by atoms with Crippen LogP contribution in [0.4, 0.5) is 11.5 Å². The molecule has 5 nitrogen and oxygen atoms in total. The van der Waals surface area contributed by atoms with Crippen molar-refractivity contribution >= 4 is 11.5 Å². The number of aromatic nitrogens is 3. The Balaban J connectivity index is 1.42. The number of rotatable bonds is 3. The van der Waals surface area contributed by atoms with E-state index in [9.17, 15) is 0 Å². The van der Waals surface area contributed by atoms with Crippen molar-refractivity contribution in [3.63, 3.8) is 0 Å². The van der Waals surface area contributed by atoms with Gasteiger partial charge in [-0.15, -0.1) is 0 Å². The highest BCUT2D eigenvalue weighted by atomic mass is 16.5. The highest BCUT2D eigenvalue weighted by molar-refractivity contribution is 5.63. The Labute approximate surface area is 157 Å². The number of nitrogens with one attached hydrogen (secondary N) is 2. The summed E-state index contributed by atoms with van der Waals surface area (Å²) in [6, 6.07) is 20.6. The van der Waals surface area contributed by atoms with E-state index in [0.717, 1.165) is 39.8 Å². The van der Waals surface area contributed by atoms with Crippen LogP contribution in [0.15, 0.2) is 66.9 Å². The van der Waals surface area contributed by atoms with E-state index in [4.69, 9.17) is 9.84 Å². The Morgan fingerprint density at radius 3 is 2.78 bits per heavy atom. The molecule has 2 aromatic heterocycles. The lowest BCUT2D eigenvalue weighted by molar-refractivity contribution is 0.302. The Bertz CT molecular complexity index is 1090. The molecule has 1 aliphatic heterocycles. The van der Waals surface area contributed by atoms with Crippen LogP contribution < -0.4 is 10.1 Å². The van der Waals surface area contributed by atoms with Crippen LogP contribution in [-0.4, -0.2) is 14.8 Å². The number of aryl methyl sites for hydroxylation is 1. The second-order valence-electron chi connectivity index (χ2n) is 6.82. The summed E-state index contributed by atoms with van der Waals surface area (Å²) in [7, 11) is 0. The van der Waals surface area contributed by atoms with Crippen LogP contribution in [0.3, 0.4) is 0 Å². The lowest BCUT2D eigenvalue weighted by Crippen LogP contribution is -2.04. The van der Waals surface area contributed by atoms with Crippen LogP contribution >= 0.6 is 0 Å². The quantitative estimate of drug-likeness (QED) is 0.550. The van der Waals surface area contributed by atoms with E-state index in [2.05, 4.69) is 53.6 Å². The molecule has 0 atom stereocenters. The lowest BCUT2D eigenvalue weighted by Gasteiger charge is -2.11. The SMILES string of the molecule is Cc1cc[nH]c1Nc1ccc2c(c1)OCc1cc(-c3ccccc3)nn1C2. The van der Waals surface area contributed by atoms with Crippen molar-refractivity contribution < 1.29 is 4.74 Å². The third kappa shape index (κ3) is 2.97. The van der Waals surface area contributed by atoms with E-state index in [1.165, 1.54) is 5.56 Å². The zero-order valence-corrected chi connectivity index (χ0v) is 15.1. The summed E-state index contributed by atoms with van der Waals surface area (Å²) in [5, 5.41) is 8.20. The van der Waals surface area contributed by atoms with E-state index >= 15 is 0 Å². The fourth-order valence-electron chi connectivity index (χ4n) is 3.40. The summed E-state index contributed by atoms with van der Waals surface area (Å²) in [5.74, 6) is 1.90. The first-order valence-electron chi connectivity index (χ1n) is 9.05. The normalized spacial score (nSPS) is 12.6. The van der Waals surface area contributed by atoms with Gasteiger partial charge in [0.1, 0.15) is 18.2 Å². The fourth-order valence-corrected chi connectivity index (χ4v) is 3.40. The van der Waals surface area contributed by atoms with Gasteiger partial charge in [0.05, 0.1) is 17.9 Å². The van der Waals surface area contributed by atoms with Crippen LogP contribution in [-0.2, 0) is 13.2 Å². The maximum absolute atomic E-state index is 6.10. The minimum atomic E-state index is 0.512. The molecule has 5 heteroatoms. The molecule has 4 aromatic rings. The first kappa shape index (κ1) is 15.8. The summed E-state index contributed by atoms with van der Waals surface area (Å²) in [6.45, 7) is 3.29. The van der Waals surface area contributed by atoms with Crippen molar-refractivity contribution in [1.82, 2.24) is 14.8 Å². The first-order valence-corrected chi connectivity index (χ1v) is 9.05. The number of benzene rings is 2. The van der Waals surface area contributed by atoms with E-state index in [-0.39, 0.29) is 0 Å². The summed E-state index contributed by atoms with van der Waals surface area (Å²) in [5.41, 5.74) is 6.51. The molecule has 0 unspecified atom stereocenters. The second kappa shape index (κ2) is 6.36. The third-order valence-electron chi connectivity index (χ3n) is 4.92. The van der Waals surface area contributed by atoms with E-state index in [0.29, 0.717) is 13.2 Å². The highest BCUT2D eigenvalue weighted by Gasteiger charge is 2.17. The van der Waals surface area contributed by atoms with Crippen molar-refractivity contribution in [1.29, 1.82) is 0 Å². The lowest BCUT2D eigenvalue weighted by atomic mass is 10.1. The number of ether oxygens (including phenoxy) is 1. The Kier molecular flexibility index (Phi) is 3.71. The van der Waals surface area contributed by atoms with Gasteiger partial charge >= 0.3 is 0 Å². The first-order chi connectivity index (χ1) is 13.3. The molecule has 0 radical (unpaired) electrons. The molecule has 5 rings (SSSR count). The number of H-pyrrole nitrogens is 1. The van der Waals surface area contributed by atoms with Crippen molar-refractivity contribution in [3.05, 3.63) is 83.7 Å². The predicted molar refractivity (Wildman–Crippen MR) is 106 cm³/mol. The van der Waals surface area contributed by atoms with Gasteiger partial charge in [0.25, 0.3) is 0 Å². The Morgan fingerprint density at radius 2 is 1.96 bits per heavy atom. The van der Waals surface area contributed by atoms with E-state index < -0.39 is 0 Å². The molecule has 2 aromatic carbocycles. The molecule has 0 spiro atoms. The minimum Gasteiger partial charge on any atom is -0.487 e. The molecule has 27 heavy (non-hydrogen) atoms. The van der Waals surface area contributed by atoms with Crippen LogP contribution in [0.25, 0.3) is 11.3 Å². The van der Waals surface area contributed by atoms with Crippen LogP contribution in [0.5, 0.6) is 5.75 Å². The standard InChI is InChI=1S/C22H20N4O/c1-15-9-10-23-22(15)24-18-8-7-17-13-26-19(14-27-21(17)11-18)12-20(25-26)16-5-3-2-4-6-16/h2-12,23-24H,13-14H2,1H3. The molecule has 0 amide bonds. The molecule has 0 saturated carbocycles. The van der Waals surface area contributed by atoms with Gasteiger partial charge in [-0.25, -0.2) is 0 Å². The smallest absolute Gasteiger partial charge is 0.130 e. The molecular formula is C22H20N4O. The average Bonchev–Trinajstić information content (AvgIpc) is 3.24. The van der Waals surface area contributed by atoms with Crippen molar-refractivity contribution in [2.24, 2.45) is 0 Å². The van der Waals surface area contributed by atoms with Crippen molar-refractivity contribution in [2.75, 3.05) is 5.32 Å². The molecule has 0 saturated heterocycles. The molecule has 0 aliphatic carbocycles. The molecule has 3 heterocycles. The van der Waals surface area contributed by atoms with Gasteiger partial charge in [0.15, 0.2) is 0 Å². The average molecular weight is 356 g/mol. The van der Waals surface area contributed by atoms with Gasteiger partial charge in [-0.05, 0) is 30.7 Å². The predicted octanol–water partition coefficient (Wildman–Crippen LogP) is 4.87. The Hall–Kier alpha value is -3.47. The monoisotopic (exact) mass is 356 g/mol. The number of anilines is 2. The zero-order valence-electron chi connectivity index (χ0n) is 15.1. The number of fused-ring (bicyclic) bond motifs is 2.